The molecule has 0 N–H and O–H groups in total. The van der Waals surface area contributed by atoms with Crippen molar-refractivity contribution in [3.05, 3.63) is 288 Å². The first-order valence-electron chi connectivity index (χ1n) is 32.8. The van der Waals surface area contributed by atoms with Gasteiger partial charge in [-0.15, -0.1) is 0 Å². The van der Waals surface area contributed by atoms with Crippen molar-refractivity contribution < 1.29 is 0 Å². The van der Waals surface area contributed by atoms with Crippen LogP contribution in [0.2, 0.25) is 0 Å². The first-order chi connectivity index (χ1) is 41.3. The van der Waals surface area contributed by atoms with E-state index in [1.165, 1.54) is 72.3 Å². The van der Waals surface area contributed by atoms with E-state index in [0.717, 1.165) is 0 Å². The highest BCUT2D eigenvalue weighted by atomic mass is 14.2. The van der Waals surface area contributed by atoms with Gasteiger partial charge in [0.15, 0.2) is 0 Å². The van der Waals surface area contributed by atoms with Gasteiger partial charge in [-0.05, 0) is 110 Å². The highest BCUT2D eigenvalue weighted by Crippen LogP contribution is 2.28. The van der Waals surface area contributed by atoms with Crippen LogP contribution in [0.3, 0.4) is 0 Å². The number of rotatable bonds is 3. The number of benzene rings is 9. The van der Waals surface area contributed by atoms with Gasteiger partial charge in [-0.3, -0.25) is 0 Å². The lowest BCUT2D eigenvalue weighted by molar-refractivity contribution is 0.469. The highest BCUT2D eigenvalue weighted by Gasteiger charge is 2.15. The summed E-state index contributed by atoms with van der Waals surface area (Å²) in [4.78, 5) is 0. The normalized spacial score (nSPS) is 10.5. The van der Waals surface area contributed by atoms with Gasteiger partial charge in [0.05, 0.1) is 0 Å². The molecule has 9 aromatic carbocycles. The van der Waals surface area contributed by atoms with Crippen LogP contribution in [0.5, 0.6) is 0 Å². The van der Waals surface area contributed by atoms with E-state index in [2.05, 4.69) is 355 Å². The largest absolute Gasteiger partial charge is 0.0683 e. The fourth-order valence-electron chi connectivity index (χ4n) is 7.19. The van der Waals surface area contributed by atoms with E-state index in [0.29, 0.717) is 16.2 Å². The Labute approximate surface area is 551 Å². The second-order valence-corrected chi connectivity index (χ2v) is 30.1. The molecule has 0 unspecified atom stereocenters. The molecule has 0 aliphatic heterocycles. The summed E-state index contributed by atoms with van der Waals surface area (Å²) >= 11 is 0. The standard InChI is InChI=1S/C17H20.C16H18.C13H12.C11H16.C7H8.C6H6.3C5H12.2C2H6/c1-13-6-5-7-15(12-13)14-8-10-16(11-9-14)17(2,3)4;1-16(2,3)15-11-9-14(10-12-15)13-7-5-4-6-8-13;1-11-7-9-13(10-8-11)12-5-3-2-4-6-12;1-9-6-5-7-10(8-9)11(2,3)4;1-7-5-3-2-4-6-7;1-2-4-6-5-3-1;3*1-5(2,3)4;2*1-2/h5-12H,1-4H3;4-12H,1-3H3;2-10H,1H3;5-8H,1-4H3;2-6H,1H3;1-6H;3*1-4H3;2*1-2H3. The zero-order chi connectivity index (χ0) is 68.5. The Bertz CT molecular complexity index is 2990. The second kappa shape index (κ2) is 43.6. The third-order valence-electron chi connectivity index (χ3n) is 11.6. The SMILES string of the molecule is CC.CC.CC(C)(C)C.CC(C)(C)C.CC(C)(C)C.CC(C)(C)c1ccc(-c2ccccc2)cc1.Cc1ccc(-c2ccccc2)cc1.Cc1cccc(-c2ccc(C(C)(C)C)cc2)c1.Cc1cccc(C(C)(C)C)c1.Cc1ccccc1.c1ccccc1. The van der Waals surface area contributed by atoms with Crippen molar-refractivity contribution >= 4 is 0 Å². The summed E-state index contributed by atoms with van der Waals surface area (Å²) in [6.07, 6.45) is 0. The van der Waals surface area contributed by atoms with Gasteiger partial charge in [0.1, 0.15) is 0 Å². The Hall–Kier alpha value is -7.02. The molecule has 89 heavy (non-hydrogen) atoms. The molecule has 9 rings (SSSR count). The van der Waals surface area contributed by atoms with Crippen LogP contribution in [-0.4, -0.2) is 0 Å². The monoisotopic (exact) mass is 1200 g/mol. The lowest BCUT2D eigenvalue weighted by atomic mass is 9.86. The average Bonchev–Trinajstić information content (AvgIpc) is 3.68. The molecule has 0 atom stereocenters. The van der Waals surface area contributed by atoms with Crippen LogP contribution in [0, 0.1) is 43.9 Å². The Morgan fingerprint density at radius 1 is 0.169 bits per heavy atom. The zero-order valence-corrected chi connectivity index (χ0v) is 62.2. The maximum absolute atomic E-state index is 2.25. The Morgan fingerprint density at radius 2 is 0.371 bits per heavy atom. The number of aryl methyl sites for hydroxylation is 4. The molecule has 0 radical (unpaired) electrons. The van der Waals surface area contributed by atoms with Gasteiger partial charge in [-0.1, -0.05) is 444 Å². The van der Waals surface area contributed by atoms with Crippen LogP contribution in [0.1, 0.15) is 212 Å². The van der Waals surface area contributed by atoms with E-state index in [1.54, 1.807) is 0 Å². The van der Waals surface area contributed by atoms with E-state index in [9.17, 15) is 0 Å². The quantitative estimate of drug-likeness (QED) is 0.165. The maximum Gasteiger partial charge on any atom is -0.0132 e. The summed E-state index contributed by atoms with van der Waals surface area (Å²) in [6, 6.07) is 86.9. The Balaban J connectivity index is 0. The van der Waals surface area contributed by atoms with Crippen LogP contribution < -0.4 is 0 Å². The van der Waals surface area contributed by atoms with Crippen molar-refractivity contribution in [1.82, 2.24) is 0 Å². The van der Waals surface area contributed by atoms with Crippen molar-refractivity contribution in [2.75, 3.05) is 0 Å². The predicted octanol–water partition coefficient (Wildman–Crippen LogP) is 28.5. The number of hydrogen-bond donors (Lipinski definition) is 0. The fraction of sp³-hybridized carbons (Fsp3) is 0.393. The first-order valence-corrected chi connectivity index (χ1v) is 32.8. The van der Waals surface area contributed by atoms with Crippen LogP contribution >= 0.6 is 0 Å². The van der Waals surface area contributed by atoms with E-state index >= 15 is 0 Å². The van der Waals surface area contributed by atoms with Gasteiger partial charge in [-0.25, -0.2) is 0 Å². The molecular formula is C89H128. The number of hydrogen-bond acceptors (Lipinski definition) is 0. The molecule has 0 heteroatoms. The molecule has 0 saturated heterocycles. The summed E-state index contributed by atoms with van der Waals surface area (Å²) in [5.41, 5.74) is 19.4. The van der Waals surface area contributed by atoms with Crippen molar-refractivity contribution in [2.24, 2.45) is 16.2 Å². The zero-order valence-electron chi connectivity index (χ0n) is 62.2. The van der Waals surface area contributed by atoms with E-state index < -0.39 is 0 Å². The maximum atomic E-state index is 2.25. The molecular weight excluding hydrogens is 1070 g/mol. The molecule has 0 fully saturated rings. The minimum atomic E-state index is 0.227. The first kappa shape index (κ1) is 84.0. The molecule has 484 valence electrons. The summed E-state index contributed by atoms with van der Waals surface area (Å²) in [7, 11) is 0. The fourth-order valence-corrected chi connectivity index (χ4v) is 7.19. The smallest absolute Gasteiger partial charge is 0.0132 e. The van der Waals surface area contributed by atoms with Gasteiger partial charge < -0.3 is 0 Å². The molecule has 0 bridgehead atoms. The topological polar surface area (TPSA) is 0 Å². The minimum Gasteiger partial charge on any atom is -0.0683 e. The average molecular weight is 1200 g/mol. The molecule has 0 aliphatic carbocycles. The minimum absolute atomic E-state index is 0.227. The summed E-state index contributed by atoms with van der Waals surface area (Å²) < 4.78 is 0. The third-order valence-corrected chi connectivity index (χ3v) is 11.6. The van der Waals surface area contributed by atoms with Crippen molar-refractivity contribution in [3.8, 4) is 33.4 Å². The second-order valence-electron chi connectivity index (χ2n) is 30.1. The van der Waals surface area contributed by atoms with E-state index in [-0.39, 0.29) is 16.2 Å². The molecule has 0 saturated carbocycles. The lowest BCUT2D eigenvalue weighted by Gasteiger charge is -2.19. The predicted molar refractivity (Wildman–Crippen MR) is 408 cm³/mol. The van der Waals surface area contributed by atoms with Gasteiger partial charge in [-0.2, -0.15) is 0 Å². The molecule has 9 aromatic rings. The summed E-state index contributed by atoms with van der Waals surface area (Å²) in [5.74, 6) is 0. The molecule has 0 heterocycles. The summed E-state index contributed by atoms with van der Waals surface area (Å²) in [6.45, 7) is 62.9. The summed E-state index contributed by atoms with van der Waals surface area (Å²) in [5, 5.41) is 0. The molecule has 0 nitrogen and oxygen atoms in total. The van der Waals surface area contributed by atoms with Crippen molar-refractivity contribution in [3.63, 3.8) is 0 Å². The van der Waals surface area contributed by atoms with E-state index in [4.69, 9.17) is 0 Å². The van der Waals surface area contributed by atoms with Gasteiger partial charge in [0, 0.05) is 0 Å². The van der Waals surface area contributed by atoms with Crippen molar-refractivity contribution in [2.45, 2.75) is 217 Å². The van der Waals surface area contributed by atoms with Crippen LogP contribution in [0.15, 0.2) is 249 Å². The van der Waals surface area contributed by atoms with Crippen LogP contribution in [0.25, 0.3) is 33.4 Å². The van der Waals surface area contributed by atoms with Gasteiger partial charge in [0.25, 0.3) is 0 Å². The highest BCUT2D eigenvalue weighted by molar-refractivity contribution is 5.65. The molecule has 0 aromatic heterocycles. The van der Waals surface area contributed by atoms with Gasteiger partial charge >= 0.3 is 0 Å². The van der Waals surface area contributed by atoms with E-state index in [1.807, 2.05) is 94.4 Å². The Morgan fingerprint density at radius 3 is 0.618 bits per heavy atom. The molecule has 0 spiro atoms. The molecule has 0 amide bonds. The van der Waals surface area contributed by atoms with Crippen LogP contribution in [0.4, 0.5) is 0 Å². The lowest BCUT2D eigenvalue weighted by Crippen LogP contribution is -2.10. The Kier molecular flexibility index (Phi) is 41.2. The third kappa shape index (κ3) is 47.6. The van der Waals surface area contributed by atoms with Crippen molar-refractivity contribution in [1.29, 1.82) is 0 Å². The van der Waals surface area contributed by atoms with Gasteiger partial charge in [0.2, 0.25) is 0 Å². The van der Waals surface area contributed by atoms with Crippen LogP contribution in [-0.2, 0) is 16.2 Å². The molecule has 0 aliphatic rings.